The maximum Gasteiger partial charge on any atom is 0.376 e. The summed E-state index contributed by atoms with van der Waals surface area (Å²) in [6, 6.07) is 0. The van der Waals surface area contributed by atoms with Gasteiger partial charge in [-0.1, -0.05) is 9.13 Å². The maximum atomic E-state index is 13.0. The van der Waals surface area contributed by atoms with Crippen LogP contribution < -0.4 is 0 Å². The zero-order chi connectivity index (χ0) is 24.8. The normalized spacial score (nSPS) is 18.0. The Kier molecular flexibility index (Phi) is 16.5. The van der Waals surface area contributed by atoms with Crippen molar-refractivity contribution in [3.8, 4) is 0 Å². The zero-order valence-electron chi connectivity index (χ0n) is 20.8. The van der Waals surface area contributed by atoms with Gasteiger partial charge in [-0.05, 0) is 60.3 Å². The predicted octanol–water partition coefficient (Wildman–Crippen LogP) is 3.89. The summed E-state index contributed by atoms with van der Waals surface area (Å²) >= 11 is 0. The zero-order valence-corrected chi connectivity index (χ0v) is 22.6. The summed E-state index contributed by atoms with van der Waals surface area (Å²) in [5.74, 6) is 0. The van der Waals surface area contributed by atoms with Crippen LogP contribution in [-0.2, 0) is 23.3 Å². The fourth-order valence-electron chi connectivity index (χ4n) is 3.26. The van der Waals surface area contributed by atoms with Gasteiger partial charge in [0.25, 0.3) is 5.34 Å². The van der Waals surface area contributed by atoms with E-state index in [0.29, 0.717) is 38.6 Å². The third-order valence-corrected chi connectivity index (χ3v) is 9.83. The molecule has 0 aliphatic carbocycles. The highest BCUT2D eigenvalue weighted by molar-refractivity contribution is 7.46. The quantitative estimate of drug-likeness (QED) is 0.170. The van der Waals surface area contributed by atoms with Gasteiger partial charge in [0.05, 0.1) is 25.9 Å². The molecule has 6 atom stereocenters. The van der Waals surface area contributed by atoms with Crippen LogP contribution in [0.5, 0.6) is 0 Å². The lowest BCUT2D eigenvalue weighted by Gasteiger charge is -2.30. The molecule has 0 bridgehead atoms. The molecule has 32 heavy (non-hydrogen) atoms. The van der Waals surface area contributed by atoms with Crippen LogP contribution in [0.15, 0.2) is 0 Å². The number of rotatable bonds is 20. The van der Waals surface area contributed by atoms with E-state index < -0.39 is 38.3 Å². The van der Waals surface area contributed by atoms with Crippen LogP contribution in [0.3, 0.4) is 0 Å². The van der Waals surface area contributed by atoms with Gasteiger partial charge in [-0.3, -0.25) is 0 Å². The van der Waals surface area contributed by atoms with Crippen molar-refractivity contribution >= 4 is 15.6 Å². The topological polar surface area (TPSA) is 123 Å². The molecule has 0 saturated carbocycles. The molecule has 0 fully saturated rings. The number of aliphatic hydroxyl groups is 3. The van der Waals surface area contributed by atoms with Crippen LogP contribution in [0.4, 0.5) is 0 Å². The van der Waals surface area contributed by atoms with Crippen LogP contribution in [0, 0.1) is 0 Å². The first kappa shape index (κ1) is 32.0. The van der Waals surface area contributed by atoms with Gasteiger partial charge in [-0.2, -0.15) is 0 Å². The molecule has 8 nitrogen and oxygen atoms in total. The van der Waals surface area contributed by atoms with Gasteiger partial charge in [0.15, 0.2) is 11.3 Å². The van der Waals surface area contributed by atoms with E-state index in [1.165, 1.54) is 0 Å². The lowest BCUT2D eigenvalue weighted by atomic mass is 10.1. The number of hydrogen-bond donors (Lipinski definition) is 3. The van der Waals surface area contributed by atoms with Crippen LogP contribution in [0.25, 0.3) is 0 Å². The first-order chi connectivity index (χ1) is 15.0. The minimum atomic E-state index is -1.89. The highest BCUT2D eigenvalue weighted by Crippen LogP contribution is 2.45. The second-order valence-corrected chi connectivity index (χ2v) is 13.4. The van der Waals surface area contributed by atoms with Gasteiger partial charge in [0, 0.05) is 20.1 Å². The maximum absolute atomic E-state index is 13.0. The Morgan fingerprint density at radius 3 is 1.88 bits per heavy atom. The molecule has 0 aliphatic rings. The van der Waals surface area contributed by atoms with Crippen molar-refractivity contribution in [2.75, 3.05) is 45.4 Å². The van der Waals surface area contributed by atoms with E-state index >= 15 is 0 Å². The highest BCUT2D eigenvalue weighted by atomic mass is 31.1. The average molecular weight is 501 g/mol. The fraction of sp³-hybridized carbons (Fsp3) is 1.00. The summed E-state index contributed by atoms with van der Waals surface area (Å²) in [5, 5.41) is 27.5. The average Bonchev–Trinajstić information content (AvgIpc) is 2.77. The largest absolute Gasteiger partial charge is 0.394 e. The van der Waals surface area contributed by atoms with Gasteiger partial charge in [-0.25, -0.2) is 0 Å². The molecule has 0 saturated heterocycles. The van der Waals surface area contributed by atoms with Crippen LogP contribution >= 0.6 is 15.6 Å². The first-order valence-electron chi connectivity index (χ1n) is 11.7. The third kappa shape index (κ3) is 10.9. The van der Waals surface area contributed by atoms with Crippen molar-refractivity contribution in [1.29, 1.82) is 0 Å². The van der Waals surface area contributed by atoms with E-state index in [-0.39, 0.29) is 19.3 Å². The molecule has 0 aromatic heterocycles. The lowest BCUT2D eigenvalue weighted by molar-refractivity contribution is -0.132. The fourth-order valence-corrected chi connectivity index (χ4v) is 6.28. The molecule has 0 aromatic rings. The molecule has 0 aliphatic heterocycles. The molecule has 0 heterocycles. The van der Waals surface area contributed by atoms with Crippen molar-refractivity contribution in [1.82, 2.24) is 0 Å². The summed E-state index contributed by atoms with van der Waals surface area (Å²) in [4.78, 5) is 0. The molecule has 190 valence electrons. The van der Waals surface area contributed by atoms with E-state index in [2.05, 4.69) is 0 Å². The molecule has 3 N–H and O–H groups in total. The van der Waals surface area contributed by atoms with Gasteiger partial charge >= 0.3 is 15.6 Å². The summed E-state index contributed by atoms with van der Waals surface area (Å²) in [6.07, 6.45) is 1.94. The molecular formula is C22H46O8P2+2. The summed E-state index contributed by atoms with van der Waals surface area (Å²) in [7, 11) is -3.34. The molecule has 10 heteroatoms. The van der Waals surface area contributed by atoms with Gasteiger partial charge in [-0.15, -0.1) is 0 Å². The van der Waals surface area contributed by atoms with Crippen LogP contribution in [-0.4, -0.2) is 89.5 Å². The summed E-state index contributed by atoms with van der Waals surface area (Å²) in [5.41, 5.74) is 0. The first-order valence-corrected chi connectivity index (χ1v) is 14.6. The van der Waals surface area contributed by atoms with E-state index in [0.717, 1.165) is 19.3 Å². The smallest absolute Gasteiger partial charge is 0.376 e. The lowest BCUT2D eigenvalue weighted by Crippen LogP contribution is -2.49. The molecule has 0 aromatic carbocycles. The van der Waals surface area contributed by atoms with E-state index in [4.69, 9.17) is 19.3 Å². The van der Waals surface area contributed by atoms with Crippen molar-refractivity contribution < 1.29 is 38.7 Å². The van der Waals surface area contributed by atoms with Crippen molar-refractivity contribution in [3.63, 3.8) is 0 Å². The minimum absolute atomic E-state index is 0.0548. The van der Waals surface area contributed by atoms with Gasteiger partial charge in [0.1, 0.15) is 18.4 Å². The molecule has 0 amide bonds. The van der Waals surface area contributed by atoms with Crippen molar-refractivity contribution in [2.24, 2.45) is 0 Å². The Labute approximate surface area is 196 Å². The molecule has 0 spiro atoms. The minimum Gasteiger partial charge on any atom is -0.394 e. The highest BCUT2D eigenvalue weighted by Gasteiger charge is 2.54. The SMILES string of the molecule is CCOC(CO)C(O)C(C)(OCC)[P+](=O)CCCCCC[P+](=O)C(C)(C)COC(C)CO. The second-order valence-electron chi connectivity index (χ2n) is 8.84. The van der Waals surface area contributed by atoms with Crippen LogP contribution in [0.1, 0.15) is 67.2 Å². The Hall–Kier alpha value is -0.0400. The Morgan fingerprint density at radius 2 is 1.41 bits per heavy atom. The molecule has 0 rings (SSSR count). The van der Waals surface area contributed by atoms with E-state index in [9.17, 15) is 19.3 Å². The van der Waals surface area contributed by atoms with Gasteiger partial charge < -0.3 is 29.5 Å². The Bertz CT molecular complexity index is 546. The molecular weight excluding hydrogens is 454 g/mol. The van der Waals surface area contributed by atoms with Crippen molar-refractivity contribution in [3.05, 3.63) is 0 Å². The monoisotopic (exact) mass is 500 g/mol. The third-order valence-electron chi connectivity index (χ3n) is 5.52. The Morgan fingerprint density at radius 1 is 0.844 bits per heavy atom. The van der Waals surface area contributed by atoms with Crippen LogP contribution in [0.2, 0.25) is 0 Å². The van der Waals surface area contributed by atoms with Crippen molar-refractivity contribution in [2.45, 2.75) is 96.0 Å². The van der Waals surface area contributed by atoms with E-state index in [1.807, 2.05) is 13.8 Å². The predicted molar refractivity (Wildman–Crippen MR) is 129 cm³/mol. The summed E-state index contributed by atoms with van der Waals surface area (Å²) in [6.45, 7) is 11.3. The Balaban J connectivity index is 4.49. The molecule has 6 unspecified atom stereocenters. The molecule has 0 radical (unpaired) electrons. The standard InChI is InChI=1S/C22H46O8P2/c1-7-28-19(16-24)20(25)22(6,30-8-2)32(27)14-12-10-9-11-13-31(26)21(4,5)17-29-18(3)15-23/h18-20,23-25H,7-17H2,1-6H3/q+2. The number of hydrogen-bond acceptors (Lipinski definition) is 8. The second kappa shape index (κ2) is 16.6. The van der Waals surface area contributed by atoms with E-state index in [1.54, 1.807) is 27.7 Å². The summed E-state index contributed by atoms with van der Waals surface area (Å²) < 4.78 is 42.2. The number of unbranched alkanes of at least 4 members (excludes halogenated alkanes) is 3. The van der Waals surface area contributed by atoms with Gasteiger partial charge in [0.2, 0.25) is 0 Å². The number of aliphatic hydroxyl groups excluding tert-OH is 3. The number of ether oxygens (including phenoxy) is 3.